The molecular formula is C21H24O6S. The third-order valence-corrected chi connectivity index (χ3v) is 7.79. The number of sulfone groups is 1. The molecule has 1 fully saturated rings. The van der Waals surface area contributed by atoms with E-state index in [0.717, 1.165) is 11.1 Å². The third-order valence-electron chi connectivity index (χ3n) is 5.74. The molecule has 7 heteroatoms. The van der Waals surface area contributed by atoms with Gasteiger partial charge in [-0.3, -0.25) is 9.59 Å². The van der Waals surface area contributed by atoms with Gasteiger partial charge < -0.3 is 9.47 Å². The first-order valence-electron chi connectivity index (χ1n) is 9.09. The number of rotatable bonds is 4. The topological polar surface area (TPSA) is 86.7 Å². The molecule has 0 unspecified atom stereocenters. The summed E-state index contributed by atoms with van der Waals surface area (Å²) < 4.78 is 35.8. The molecule has 1 aromatic carbocycles. The van der Waals surface area contributed by atoms with Gasteiger partial charge in [-0.25, -0.2) is 8.42 Å². The van der Waals surface area contributed by atoms with Gasteiger partial charge in [0.15, 0.2) is 15.3 Å². The average Bonchev–Trinajstić information content (AvgIpc) is 3.04. The molecule has 3 rings (SSSR count). The molecule has 1 saturated carbocycles. The zero-order valence-electron chi connectivity index (χ0n) is 16.2. The fourth-order valence-corrected chi connectivity index (χ4v) is 5.87. The molecule has 0 heterocycles. The predicted octanol–water partition coefficient (Wildman–Crippen LogP) is 2.85. The first-order chi connectivity index (χ1) is 13.3. The Morgan fingerprint density at radius 1 is 1.04 bits per heavy atom. The Morgan fingerprint density at radius 3 is 2.21 bits per heavy atom. The fourth-order valence-electron chi connectivity index (χ4n) is 4.22. The molecule has 28 heavy (non-hydrogen) atoms. The van der Waals surface area contributed by atoms with Crippen molar-refractivity contribution in [2.45, 2.75) is 36.3 Å². The van der Waals surface area contributed by atoms with E-state index in [2.05, 4.69) is 0 Å². The van der Waals surface area contributed by atoms with Gasteiger partial charge in [-0.05, 0) is 44.2 Å². The van der Waals surface area contributed by atoms with Gasteiger partial charge >= 0.3 is 11.9 Å². The third kappa shape index (κ3) is 3.28. The number of fused-ring (bicyclic) bond motifs is 1. The van der Waals surface area contributed by atoms with Gasteiger partial charge in [0.2, 0.25) is 0 Å². The lowest BCUT2D eigenvalue weighted by Gasteiger charge is -2.23. The van der Waals surface area contributed by atoms with Crippen molar-refractivity contribution in [3.63, 3.8) is 0 Å². The molecule has 2 aliphatic carbocycles. The van der Waals surface area contributed by atoms with E-state index >= 15 is 0 Å². The van der Waals surface area contributed by atoms with Crippen molar-refractivity contribution >= 4 is 21.8 Å². The Bertz CT molecular complexity index is 926. The van der Waals surface area contributed by atoms with Crippen LogP contribution in [0.4, 0.5) is 0 Å². The minimum atomic E-state index is -3.52. The summed E-state index contributed by atoms with van der Waals surface area (Å²) in [5.74, 6) is -1.43. The zero-order valence-corrected chi connectivity index (χ0v) is 17.0. The van der Waals surface area contributed by atoms with E-state index in [1.165, 1.54) is 14.2 Å². The lowest BCUT2D eigenvalue weighted by Crippen LogP contribution is -2.39. The van der Waals surface area contributed by atoms with Gasteiger partial charge in [0, 0.05) is 0 Å². The van der Waals surface area contributed by atoms with Crippen LogP contribution >= 0.6 is 0 Å². The molecule has 150 valence electrons. The van der Waals surface area contributed by atoms with Crippen LogP contribution in [0.1, 0.15) is 26.2 Å². The van der Waals surface area contributed by atoms with Crippen LogP contribution in [-0.2, 0) is 28.9 Å². The first-order valence-corrected chi connectivity index (χ1v) is 10.6. The Balaban J connectivity index is 1.96. The molecule has 0 aliphatic heterocycles. The fraction of sp³-hybridized carbons (Fsp3) is 0.429. The highest BCUT2D eigenvalue weighted by atomic mass is 32.2. The summed E-state index contributed by atoms with van der Waals surface area (Å²) in [4.78, 5) is 25.1. The van der Waals surface area contributed by atoms with E-state index in [0.29, 0.717) is 6.42 Å². The maximum atomic E-state index is 13.0. The van der Waals surface area contributed by atoms with Crippen molar-refractivity contribution < 1.29 is 27.5 Å². The molecule has 0 bridgehead atoms. The highest BCUT2D eigenvalue weighted by molar-refractivity contribution is 7.92. The molecule has 1 aromatic rings. The lowest BCUT2D eigenvalue weighted by atomic mass is 9.84. The highest BCUT2D eigenvalue weighted by Gasteiger charge is 2.55. The zero-order chi connectivity index (χ0) is 20.5. The first kappa shape index (κ1) is 20.3. The number of carbonyl (C=O) groups is 2. The van der Waals surface area contributed by atoms with Crippen LogP contribution < -0.4 is 0 Å². The van der Waals surface area contributed by atoms with Crippen molar-refractivity contribution in [3.8, 4) is 0 Å². The quantitative estimate of drug-likeness (QED) is 0.436. The van der Waals surface area contributed by atoms with Crippen LogP contribution in [0.3, 0.4) is 0 Å². The number of hydrogen-bond acceptors (Lipinski definition) is 6. The Morgan fingerprint density at radius 2 is 1.64 bits per heavy atom. The number of esters is 2. The second-order valence-corrected chi connectivity index (χ2v) is 9.51. The smallest absolute Gasteiger partial charge is 0.323 e. The van der Waals surface area contributed by atoms with E-state index in [1.807, 2.05) is 13.0 Å². The molecular weight excluding hydrogens is 380 g/mol. The van der Waals surface area contributed by atoms with Gasteiger partial charge in [0.1, 0.15) is 0 Å². The predicted molar refractivity (Wildman–Crippen MR) is 103 cm³/mol. The molecule has 2 aliphatic rings. The molecule has 6 nitrogen and oxygen atoms in total. The van der Waals surface area contributed by atoms with Crippen LogP contribution in [0.5, 0.6) is 0 Å². The number of carbonyl (C=O) groups excluding carboxylic acids is 2. The number of benzene rings is 1. The normalized spacial score (nSPS) is 23.7. The van der Waals surface area contributed by atoms with Crippen LogP contribution in [0.15, 0.2) is 58.5 Å². The molecule has 0 spiro atoms. The van der Waals surface area contributed by atoms with Crippen molar-refractivity contribution in [2.24, 2.45) is 11.3 Å². The van der Waals surface area contributed by atoms with Gasteiger partial charge in [0.25, 0.3) is 0 Å². The molecule has 0 aromatic heterocycles. The summed E-state index contributed by atoms with van der Waals surface area (Å²) in [6.45, 7) is 1.87. The minimum absolute atomic E-state index is 0.186. The number of ether oxygens (including phenoxy) is 2. The largest absolute Gasteiger partial charge is 0.468 e. The van der Waals surface area contributed by atoms with Crippen molar-refractivity contribution in [1.29, 1.82) is 0 Å². The maximum Gasteiger partial charge on any atom is 0.323 e. The van der Waals surface area contributed by atoms with Crippen molar-refractivity contribution in [2.75, 3.05) is 14.2 Å². The Labute approximate surface area is 165 Å². The summed E-state index contributed by atoms with van der Waals surface area (Å²) in [6.07, 6.45) is 4.22. The Hall–Kier alpha value is -2.41. The highest BCUT2D eigenvalue weighted by Crippen LogP contribution is 2.50. The maximum absolute atomic E-state index is 13.0. The van der Waals surface area contributed by atoms with Gasteiger partial charge in [-0.2, -0.15) is 0 Å². The second-order valence-electron chi connectivity index (χ2n) is 7.34. The van der Waals surface area contributed by atoms with Gasteiger partial charge in [-0.1, -0.05) is 41.5 Å². The number of methoxy groups -OCH3 is 2. The summed E-state index contributed by atoms with van der Waals surface area (Å²) in [7, 11) is -1.02. The standard InChI is InChI=1S/C21H24O6S/c1-14-11-17(28(24,25)16-7-5-4-6-8-16)10-9-15-12-21(13-18(14)15,19(22)26-2)20(23)27-3/h4-10,15,17H,11-13H2,1-3H3/t15-,17-/m0/s1. The van der Waals surface area contributed by atoms with E-state index < -0.39 is 32.4 Å². The van der Waals surface area contributed by atoms with Crippen LogP contribution in [0.2, 0.25) is 0 Å². The Kier molecular flexibility index (Phi) is 5.48. The molecule has 2 atom stereocenters. The SMILES string of the molecule is COC(=O)C1(C(=O)OC)CC2=C(C)C[C@@H](S(=O)(=O)c3ccccc3)C=C[C@H]2C1. The van der Waals surface area contributed by atoms with Gasteiger partial charge in [0.05, 0.1) is 24.4 Å². The lowest BCUT2D eigenvalue weighted by molar-refractivity contribution is -0.168. The summed E-state index contributed by atoms with van der Waals surface area (Å²) in [5.41, 5.74) is 0.423. The molecule has 0 amide bonds. The minimum Gasteiger partial charge on any atom is -0.468 e. The van der Waals surface area contributed by atoms with E-state index in [9.17, 15) is 18.0 Å². The molecule has 0 saturated heterocycles. The monoisotopic (exact) mass is 404 g/mol. The molecule has 0 radical (unpaired) electrons. The number of allylic oxidation sites excluding steroid dienone is 3. The van der Waals surface area contributed by atoms with Gasteiger partial charge in [-0.15, -0.1) is 0 Å². The second kappa shape index (κ2) is 7.54. The van der Waals surface area contributed by atoms with E-state index in [4.69, 9.17) is 9.47 Å². The van der Waals surface area contributed by atoms with Crippen LogP contribution in [0.25, 0.3) is 0 Å². The van der Waals surface area contributed by atoms with E-state index in [1.54, 1.807) is 36.4 Å². The summed E-state index contributed by atoms with van der Waals surface area (Å²) in [6, 6.07) is 8.37. The van der Waals surface area contributed by atoms with Crippen LogP contribution in [0, 0.1) is 11.3 Å². The van der Waals surface area contributed by atoms with Crippen LogP contribution in [-0.4, -0.2) is 39.8 Å². The summed E-state index contributed by atoms with van der Waals surface area (Å²) in [5, 5.41) is -0.682. The number of hydrogen-bond donors (Lipinski definition) is 0. The van der Waals surface area contributed by atoms with Crippen molar-refractivity contribution in [1.82, 2.24) is 0 Å². The summed E-state index contributed by atoms with van der Waals surface area (Å²) >= 11 is 0. The average molecular weight is 404 g/mol. The van der Waals surface area contributed by atoms with Crippen molar-refractivity contribution in [3.05, 3.63) is 53.6 Å². The van der Waals surface area contributed by atoms with E-state index in [-0.39, 0.29) is 23.7 Å². The molecule has 0 N–H and O–H groups in total.